The van der Waals surface area contributed by atoms with E-state index in [-0.39, 0.29) is 11.8 Å². The molecule has 0 spiro atoms. The van der Waals surface area contributed by atoms with Crippen LogP contribution < -0.4 is 0 Å². The number of rotatable bonds is 3. The first-order valence-electron chi connectivity index (χ1n) is 6.80. The molecule has 0 atom stereocenters. The standard InChI is InChI=1S/C14H19ClN4O2/c1-17(2)13(20)10-18-5-7-19(8-6-18)14(21)11-3-4-16-12(15)9-11/h3-4,9H,5-8,10H2,1-2H3. The molecule has 0 aliphatic carbocycles. The van der Waals surface area contributed by atoms with Gasteiger partial charge in [-0.25, -0.2) is 4.98 Å². The van der Waals surface area contributed by atoms with E-state index in [4.69, 9.17) is 11.6 Å². The Morgan fingerprint density at radius 3 is 2.52 bits per heavy atom. The molecule has 6 nitrogen and oxygen atoms in total. The molecule has 1 saturated heterocycles. The van der Waals surface area contributed by atoms with Crippen molar-refractivity contribution in [2.45, 2.75) is 0 Å². The van der Waals surface area contributed by atoms with Crippen LogP contribution in [-0.4, -0.2) is 78.3 Å². The monoisotopic (exact) mass is 310 g/mol. The second-order valence-electron chi connectivity index (χ2n) is 5.22. The Morgan fingerprint density at radius 1 is 1.29 bits per heavy atom. The van der Waals surface area contributed by atoms with Gasteiger partial charge in [0, 0.05) is 52.0 Å². The van der Waals surface area contributed by atoms with E-state index in [0.717, 1.165) is 0 Å². The van der Waals surface area contributed by atoms with E-state index < -0.39 is 0 Å². The largest absolute Gasteiger partial charge is 0.348 e. The molecule has 1 aromatic heterocycles. The number of amides is 2. The maximum atomic E-state index is 12.3. The van der Waals surface area contributed by atoms with Crippen LogP contribution in [0.25, 0.3) is 0 Å². The lowest BCUT2D eigenvalue weighted by Gasteiger charge is -2.34. The lowest BCUT2D eigenvalue weighted by atomic mass is 10.2. The molecule has 7 heteroatoms. The molecule has 1 aliphatic heterocycles. The van der Waals surface area contributed by atoms with Crippen LogP contribution in [0.4, 0.5) is 0 Å². The smallest absolute Gasteiger partial charge is 0.254 e. The first-order valence-corrected chi connectivity index (χ1v) is 7.18. The van der Waals surface area contributed by atoms with Gasteiger partial charge in [0.1, 0.15) is 5.15 Å². The summed E-state index contributed by atoms with van der Waals surface area (Å²) in [6.45, 7) is 3.02. The molecule has 2 heterocycles. The number of pyridine rings is 1. The summed E-state index contributed by atoms with van der Waals surface area (Å²) in [7, 11) is 3.49. The number of hydrogen-bond acceptors (Lipinski definition) is 4. The molecule has 2 amide bonds. The van der Waals surface area contributed by atoms with Crippen LogP contribution in [0, 0.1) is 0 Å². The predicted octanol–water partition coefficient (Wildman–Crippen LogP) is 0.581. The molecule has 21 heavy (non-hydrogen) atoms. The van der Waals surface area contributed by atoms with Crippen molar-refractivity contribution >= 4 is 23.4 Å². The third-order valence-corrected chi connectivity index (χ3v) is 3.70. The molecule has 0 unspecified atom stereocenters. The summed E-state index contributed by atoms with van der Waals surface area (Å²) in [5.41, 5.74) is 0.549. The van der Waals surface area contributed by atoms with Crippen LogP contribution in [0.1, 0.15) is 10.4 Å². The van der Waals surface area contributed by atoms with Crippen LogP contribution in [0.2, 0.25) is 5.15 Å². The van der Waals surface area contributed by atoms with Crippen molar-refractivity contribution in [1.29, 1.82) is 0 Å². The Balaban J connectivity index is 1.89. The van der Waals surface area contributed by atoms with Gasteiger partial charge in [-0.3, -0.25) is 14.5 Å². The Kier molecular flexibility index (Phi) is 5.14. The highest BCUT2D eigenvalue weighted by Crippen LogP contribution is 2.12. The molecule has 1 aromatic rings. The highest BCUT2D eigenvalue weighted by Gasteiger charge is 2.23. The molecule has 114 valence electrons. The maximum Gasteiger partial charge on any atom is 0.254 e. The fourth-order valence-corrected chi connectivity index (χ4v) is 2.33. The molecule has 1 aliphatic rings. The van der Waals surface area contributed by atoms with Crippen molar-refractivity contribution in [3.8, 4) is 0 Å². The summed E-state index contributed by atoms with van der Waals surface area (Å²) in [5.74, 6) is 0.0357. The van der Waals surface area contributed by atoms with Gasteiger partial charge in [0.15, 0.2) is 0 Å². The molecule has 0 radical (unpaired) electrons. The zero-order valence-electron chi connectivity index (χ0n) is 12.3. The quantitative estimate of drug-likeness (QED) is 0.767. The van der Waals surface area contributed by atoms with Crippen molar-refractivity contribution in [2.75, 3.05) is 46.8 Å². The minimum Gasteiger partial charge on any atom is -0.348 e. The predicted molar refractivity (Wildman–Crippen MR) is 80.3 cm³/mol. The fraction of sp³-hybridized carbons (Fsp3) is 0.500. The summed E-state index contributed by atoms with van der Waals surface area (Å²) < 4.78 is 0. The summed E-state index contributed by atoms with van der Waals surface area (Å²) in [6, 6.07) is 3.24. The van der Waals surface area contributed by atoms with Crippen LogP contribution in [0.5, 0.6) is 0 Å². The average molecular weight is 311 g/mol. The number of halogens is 1. The van der Waals surface area contributed by atoms with Gasteiger partial charge in [-0.05, 0) is 12.1 Å². The van der Waals surface area contributed by atoms with E-state index in [1.165, 1.54) is 6.20 Å². The van der Waals surface area contributed by atoms with Gasteiger partial charge in [0.05, 0.1) is 6.54 Å². The summed E-state index contributed by atoms with van der Waals surface area (Å²) in [4.78, 5) is 33.3. The number of hydrogen-bond donors (Lipinski definition) is 0. The van der Waals surface area contributed by atoms with Crippen molar-refractivity contribution in [3.63, 3.8) is 0 Å². The van der Waals surface area contributed by atoms with E-state index in [0.29, 0.717) is 43.4 Å². The van der Waals surface area contributed by atoms with E-state index in [1.807, 2.05) is 0 Å². The first kappa shape index (κ1) is 15.7. The third-order valence-electron chi connectivity index (χ3n) is 3.49. The van der Waals surface area contributed by atoms with E-state index in [2.05, 4.69) is 9.88 Å². The number of nitrogens with zero attached hydrogens (tertiary/aromatic N) is 4. The van der Waals surface area contributed by atoms with Gasteiger partial charge < -0.3 is 9.80 Å². The average Bonchev–Trinajstić information content (AvgIpc) is 2.47. The minimum absolute atomic E-state index is 0.0436. The van der Waals surface area contributed by atoms with Gasteiger partial charge in [0.2, 0.25) is 5.91 Å². The van der Waals surface area contributed by atoms with Crippen LogP contribution in [0.15, 0.2) is 18.3 Å². The molecule has 0 saturated carbocycles. The second kappa shape index (κ2) is 6.87. The van der Waals surface area contributed by atoms with Crippen LogP contribution >= 0.6 is 11.6 Å². The van der Waals surface area contributed by atoms with Crippen molar-refractivity contribution in [3.05, 3.63) is 29.0 Å². The number of aromatic nitrogens is 1. The SMILES string of the molecule is CN(C)C(=O)CN1CCN(C(=O)c2ccnc(Cl)c2)CC1. The first-order chi connectivity index (χ1) is 9.97. The van der Waals surface area contributed by atoms with Crippen molar-refractivity contribution in [1.82, 2.24) is 19.7 Å². The zero-order chi connectivity index (χ0) is 15.4. The molecule has 1 fully saturated rings. The fourth-order valence-electron chi connectivity index (χ4n) is 2.16. The Labute approximate surface area is 129 Å². The summed E-state index contributed by atoms with van der Waals surface area (Å²) in [5, 5.41) is 0.316. The Morgan fingerprint density at radius 2 is 1.95 bits per heavy atom. The highest BCUT2D eigenvalue weighted by atomic mass is 35.5. The second-order valence-corrected chi connectivity index (χ2v) is 5.61. The Bertz CT molecular complexity index is 527. The molecular weight excluding hydrogens is 292 g/mol. The Hall–Kier alpha value is -1.66. The van der Waals surface area contributed by atoms with Crippen molar-refractivity contribution < 1.29 is 9.59 Å². The van der Waals surface area contributed by atoms with Crippen LogP contribution in [0.3, 0.4) is 0 Å². The van der Waals surface area contributed by atoms with Gasteiger partial charge in [-0.15, -0.1) is 0 Å². The minimum atomic E-state index is -0.0436. The number of likely N-dealkylation sites (N-methyl/N-ethyl adjacent to an activating group) is 1. The molecule has 2 rings (SSSR count). The topological polar surface area (TPSA) is 56.8 Å². The molecule has 0 bridgehead atoms. The number of carbonyl (C=O) groups is 2. The maximum absolute atomic E-state index is 12.3. The normalized spacial score (nSPS) is 15.9. The molecule has 0 N–H and O–H groups in total. The van der Waals surface area contributed by atoms with E-state index in [1.54, 1.807) is 36.0 Å². The van der Waals surface area contributed by atoms with Crippen LogP contribution in [-0.2, 0) is 4.79 Å². The zero-order valence-corrected chi connectivity index (χ0v) is 13.0. The summed E-state index contributed by atoms with van der Waals surface area (Å²) >= 11 is 5.81. The molecule has 0 aromatic carbocycles. The van der Waals surface area contributed by atoms with Crippen molar-refractivity contribution in [2.24, 2.45) is 0 Å². The number of piperazine rings is 1. The van der Waals surface area contributed by atoms with Gasteiger partial charge in [-0.1, -0.05) is 11.6 Å². The number of carbonyl (C=O) groups excluding carboxylic acids is 2. The van der Waals surface area contributed by atoms with E-state index >= 15 is 0 Å². The highest BCUT2D eigenvalue weighted by molar-refractivity contribution is 6.29. The third kappa shape index (κ3) is 4.15. The van der Waals surface area contributed by atoms with Gasteiger partial charge >= 0.3 is 0 Å². The summed E-state index contributed by atoms with van der Waals surface area (Å²) in [6.07, 6.45) is 1.53. The lowest BCUT2D eigenvalue weighted by Crippen LogP contribution is -2.51. The van der Waals surface area contributed by atoms with Gasteiger partial charge in [-0.2, -0.15) is 0 Å². The van der Waals surface area contributed by atoms with E-state index in [9.17, 15) is 9.59 Å². The lowest BCUT2D eigenvalue weighted by molar-refractivity contribution is -0.130. The van der Waals surface area contributed by atoms with Gasteiger partial charge in [0.25, 0.3) is 5.91 Å². The molecular formula is C14H19ClN4O2.